The molecule has 6 nitrogen and oxygen atoms in total. The lowest BCUT2D eigenvalue weighted by Gasteiger charge is -2.10. The number of nitrogens with one attached hydrogen (secondary N) is 1. The summed E-state index contributed by atoms with van der Waals surface area (Å²) in [5, 5.41) is 3.25. The summed E-state index contributed by atoms with van der Waals surface area (Å²) in [6.45, 7) is 3.42. The van der Waals surface area contributed by atoms with Crippen molar-refractivity contribution in [3.8, 4) is 5.88 Å². The highest BCUT2D eigenvalue weighted by Crippen LogP contribution is 2.20. The van der Waals surface area contributed by atoms with E-state index in [1.165, 1.54) is 0 Å². The quantitative estimate of drug-likeness (QED) is 0.806. The van der Waals surface area contributed by atoms with E-state index in [2.05, 4.69) is 15.3 Å². The van der Waals surface area contributed by atoms with E-state index in [1.54, 1.807) is 12.3 Å². The molecule has 108 valence electrons. The first-order chi connectivity index (χ1) is 9.70. The van der Waals surface area contributed by atoms with Gasteiger partial charge in [-0.2, -0.15) is 4.98 Å². The second-order valence-electron chi connectivity index (χ2n) is 4.57. The maximum Gasteiger partial charge on any atom is 0.239 e. The number of nitrogens with two attached hydrogens (primary N) is 1. The van der Waals surface area contributed by atoms with E-state index < -0.39 is 0 Å². The van der Waals surface area contributed by atoms with Crippen LogP contribution < -0.4 is 15.8 Å². The van der Waals surface area contributed by atoms with E-state index in [9.17, 15) is 0 Å². The molecule has 0 aliphatic carbocycles. The summed E-state index contributed by atoms with van der Waals surface area (Å²) < 4.78 is 7.51. The molecule has 0 radical (unpaired) electrons. The second-order valence-corrected chi connectivity index (χ2v) is 4.57. The van der Waals surface area contributed by atoms with E-state index in [0.29, 0.717) is 18.2 Å². The summed E-state index contributed by atoms with van der Waals surface area (Å²) in [7, 11) is 1.99. The first-order valence-corrected chi connectivity index (χ1v) is 6.80. The third-order valence-electron chi connectivity index (χ3n) is 2.91. The van der Waals surface area contributed by atoms with E-state index in [-0.39, 0.29) is 0 Å². The minimum atomic E-state index is 0.494. The molecule has 2 heterocycles. The molecule has 0 aliphatic rings. The molecule has 6 heteroatoms. The van der Waals surface area contributed by atoms with Crippen molar-refractivity contribution in [1.82, 2.24) is 14.5 Å². The maximum absolute atomic E-state index is 5.83. The fraction of sp³-hybridized carbons (Fsp3) is 0.429. The van der Waals surface area contributed by atoms with Gasteiger partial charge in [0.15, 0.2) is 0 Å². The van der Waals surface area contributed by atoms with E-state index in [1.807, 2.05) is 30.8 Å². The third-order valence-corrected chi connectivity index (χ3v) is 2.91. The number of nitrogen functional groups attached to an aromatic ring is 1. The Morgan fingerprint density at radius 2 is 2.25 bits per heavy atom. The zero-order valence-electron chi connectivity index (χ0n) is 12.0. The average Bonchev–Trinajstić information content (AvgIpc) is 2.85. The van der Waals surface area contributed by atoms with Gasteiger partial charge in [-0.05, 0) is 18.6 Å². The van der Waals surface area contributed by atoms with Gasteiger partial charge < -0.3 is 20.4 Å². The molecule has 3 N–H and O–H groups in total. The SMILES string of the molecule is CCCOc1nc(NCCc2nccn2C)ccc1N. The molecule has 0 aliphatic heterocycles. The first-order valence-electron chi connectivity index (χ1n) is 6.80. The molecule has 0 spiro atoms. The molecule has 0 saturated carbocycles. The van der Waals surface area contributed by atoms with Crippen molar-refractivity contribution in [2.75, 3.05) is 24.2 Å². The lowest BCUT2D eigenvalue weighted by Crippen LogP contribution is -2.10. The number of pyridine rings is 1. The standard InChI is InChI=1S/C14H21N5O/c1-3-10-20-14-11(15)4-5-12(18-14)16-7-6-13-17-8-9-19(13)2/h4-5,8-9H,3,6-7,10,15H2,1-2H3,(H,16,18). The molecule has 0 fully saturated rings. The Kier molecular flexibility index (Phi) is 4.81. The van der Waals surface area contributed by atoms with Crippen LogP contribution in [0.2, 0.25) is 0 Å². The molecular weight excluding hydrogens is 254 g/mol. The summed E-state index contributed by atoms with van der Waals surface area (Å²) in [6, 6.07) is 3.66. The van der Waals surface area contributed by atoms with Gasteiger partial charge in [-0.25, -0.2) is 4.98 Å². The van der Waals surface area contributed by atoms with Crippen LogP contribution in [0.5, 0.6) is 5.88 Å². The van der Waals surface area contributed by atoms with Crippen molar-refractivity contribution in [2.24, 2.45) is 7.05 Å². The van der Waals surface area contributed by atoms with Crippen LogP contribution in [0.4, 0.5) is 11.5 Å². The zero-order chi connectivity index (χ0) is 14.4. The summed E-state index contributed by atoms with van der Waals surface area (Å²) >= 11 is 0. The van der Waals surface area contributed by atoms with Crippen molar-refractivity contribution in [3.05, 3.63) is 30.4 Å². The summed E-state index contributed by atoms with van der Waals surface area (Å²) in [6.07, 6.45) is 5.50. The predicted octanol–water partition coefficient (Wildman–Crippen LogP) is 1.84. The fourth-order valence-corrected chi connectivity index (χ4v) is 1.80. The van der Waals surface area contributed by atoms with Crippen LogP contribution in [-0.4, -0.2) is 27.7 Å². The number of ether oxygens (including phenoxy) is 1. The number of aryl methyl sites for hydroxylation is 1. The van der Waals surface area contributed by atoms with Crippen molar-refractivity contribution in [2.45, 2.75) is 19.8 Å². The van der Waals surface area contributed by atoms with Gasteiger partial charge >= 0.3 is 0 Å². The number of rotatable bonds is 7. The van der Waals surface area contributed by atoms with Gasteiger partial charge in [-0.3, -0.25) is 0 Å². The highest BCUT2D eigenvalue weighted by molar-refractivity contribution is 5.53. The van der Waals surface area contributed by atoms with Gasteiger partial charge in [-0.15, -0.1) is 0 Å². The summed E-state index contributed by atoms with van der Waals surface area (Å²) in [5.74, 6) is 2.30. The van der Waals surface area contributed by atoms with Crippen molar-refractivity contribution >= 4 is 11.5 Å². The van der Waals surface area contributed by atoms with Gasteiger partial charge in [0.1, 0.15) is 11.6 Å². The molecule has 20 heavy (non-hydrogen) atoms. The second kappa shape index (κ2) is 6.79. The van der Waals surface area contributed by atoms with Gasteiger partial charge in [0.25, 0.3) is 0 Å². The Balaban J connectivity index is 1.91. The average molecular weight is 275 g/mol. The molecule has 0 atom stereocenters. The normalized spacial score (nSPS) is 10.5. The third kappa shape index (κ3) is 3.63. The largest absolute Gasteiger partial charge is 0.476 e. The Labute approximate surface area is 119 Å². The topological polar surface area (TPSA) is 78.0 Å². The molecule has 0 bridgehead atoms. The molecule has 0 unspecified atom stereocenters. The van der Waals surface area contributed by atoms with Crippen molar-refractivity contribution < 1.29 is 4.74 Å². The molecule has 2 aromatic rings. The van der Waals surface area contributed by atoms with Crippen molar-refractivity contribution in [3.63, 3.8) is 0 Å². The summed E-state index contributed by atoms with van der Waals surface area (Å²) in [4.78, 5) is 8.64. The van der Waals surface area contributed by atoms with Gasteiger partial charge in [-0.1, -0.05) is 6.92 Å². The predicted molar refractivity (Wildman–Crippen MR) is 79.8 cm³/mol. The number of nitrogens with zero attached hydrogens (tertiary/aromatic N) is 3. The number of hydrogen-bond acceptors (Lipinski definition) is 5. The van der Waals surface area contributed by atoms with Crippen LogP contribution >= 0.6 is 0 Å². The Morgan fingerprint density at radius 3 is 2.95 bits per heavy atom. The lowest BCUT2D eigenvalue weighted by molar-refractivity contribution is 0.307. The van der Waals surface area contributed by atoms with Gasteiger partial charge in [0, 0.05) is 32.4 Å². The fourth-order valence-electron chi connectivity index (χ4n) is 1.80. The number of imidazole rings is 1. The number of aromatic nitrogens is 3. The highest BCUT2D eigenvalue weighted by Gasteiger charge is 2.04. The Morgan fingerprint density at radius 1 is 1.40 bits per heavy atom. The molecule has 2 aromatic heterocycles. The minimum Gasteiger partial charge on any atom is -0.476 e. The Bertz CT molecular complexity index is 552. The number of hydrogen-bond donors (Lipinski definition) is 2. The monoisotopic (exact) mass is 275 g/mol. The van der Waals surface area contributed by atoms with E-state index >= 15 is 0 Å². The van der Waals surface area contributed by atoms with E-state index in [4.69, 9.17) is 10.5 Å². The molecule has 0 amide bonds. The Hall–Kier alpha value is -2.24. The molecular formula is C14H21N5O. The van der Waals surface area contributed by atoms with E-state index in [0.717, 1.165) is 31.0 Å². The first kappa shape index (κ1) is 14.2. The van der Waals surface area contributed by atoms with Gasteiger partial charge in [0.05, 0.1) is 12.3 Å². The smallest absolute Gasteiger partial charge is 0.239 e. The van der Waals surface area contributed by atoms with Crippen LogP contribution in [0.25, 0.3) is 0 Å². The van der Waals surface area contributed by atoms with Crippen LogP contribution in [-0.2, 0) is 13.5 Å². The summed E-state index contributed by atoms with van der Waals surface area (Å²) in [5.41, 5.74) is 6.39. The van der Waals surface area contributed by atoms with Crippen LogP contribution in [0.3, 0.4) is 0 Å². The molecule has 0 saturated heterocycles. The van der Waals surface area contributed by atoms with Crippen LogP contribution in [0, 0.1) is 0 Å². The minimum absolute atomic E-state index is 0.494. The molecule has 0 aromatic carbocycles. The maximum atomic E-state index is 5.83. The zero-order valence-corrected chi connectivity index (χ0v) is 12.0. The number of anilines is 2. The van der Waals surface area contributed by atoms with Crippen LogP contribution in [0.1, 0.15) is 19.2 Å². The highest BCUT2D eigenvalue weighted by atomic mass is 16.5. The van der Waals surface area contributed by atoms with Gasteiger partial charge in [0.2, 0.25) is 5.88 Å². The van der Waals surface area contributed by atoms with Crippen molar-refractivity contribution in [1.29, 1.82) is 0 Å². The lowest BCUT2D eigenvalue weighted by atomic mass is 10.3. The van der Waals surface area contributed by atoms with Crippen LogP contribution in [0.15, 0.2) is 24.5 Å². The molecule has 2 rings (SSSR count).